The van der Waals surface area contributed by atoms with E-state index in [1.165, 1.54) is 6.20 Å². The standard InChI is InChI=1S/C24H26F3N7O2/c1-13(24(25,26)27)31-23-29-11-18-17(10-28-21(18)33-23)14-7-8-34-20(9-14)19(12-30-34)22(35)32-15-3-5-16(36-2)6-4-15/h7-13,15-16H,3-6H2,1-2H3,(H,32,35)(H2,28,29,31,33)/t13-,15-,16-/m0/s1. The summed E-state index contributed by atoms with van der Waals surface area (Å²) in [5, 5.41) is 10.3. The molecular weight excluding hydrogens is 475 g/mol. The number of rotatable bonds is 6. The van der Waals surface area contributed by atoms with Gasteiger partial charge in [0.15, 0.2) is 0 Å². The minimum Gasteiger partial charge on any atom is -0.381 e. The van der Waals surface area contributed by atoms with Crippen LogP contribution < -0.4 is 10.6 Å². The zero-order valence-electron chi connectivity index (χ0n) is 19.8. The summed E-state index contributed by atoms with van der Waals surface area (Å²) >= 11 is 0. The first-order valence-electron chi connectivity index (χ1n) is 11.7. The number of alkyl halides is 3. The molecule has 0 aromatic carbocycles. The third-order valence-electron chi connectivity index (χ3n) is 6.69. The number of hydrogen-bond donors (Lipinski definition) is 3. The van der Waals surface area contributed by atoms with Crippen molar-refractivity contribution in [3.05, 3.63) is 42.5 Å². The fraction of sp³-hybridized carbons (Fsp3) is 0.417. The quantitative estimate of drug-likeness (QED) is 0.363. The number of nitrogens with one attached hydrogen (secondary N) is 3. The van der Waals surface area contributed by atoms with E-state index in [1.54, 1.807) is 30.2 Å². The van der Waals surface area contributed by atoms with Gasteiger partial charge in [0.2, 0.25) is 5.95 Å². The predicted molar refractivity (Wildman–Crippen MR) is 128 cm³/mol. The van der Waals surface area contributed by atoms with Gasteiger partial charge in [0.1, 0.15) is 11.7 Å². The van der Waals surface area contributed by atoms with Crippen LogP contribution in [0.5, 0.6) is 0 Å². The van der Waals surface area contributed by atoms with Gasteiger partial charge in [-0.25, -0.2) is 9.50 Å². The van der Waals surface area contributed by atoms with E-state index in [4.69, 9.17) is 4.74 Å². The van der Waals surface area contributed by atoms with E-state index in [9.17, 15) is 18.0 Å². The number of halogens is 3. The maximum Gasteiger partial charge on any atom is 0.408 e. The van der Waals surface area contributed by atoms with Gasteiger partial charge in [0, 0.05) is 42.7 Å². The summed E-state index contributed by atoms with van der Waals surface area (Å²) in [5.41, 5.74) is 3.05. The molecule has 0 spiro atoms. The summed E-state index contributed by atoms with van der Waals surface area (Å²) < 4.78 is 45.6. The Morgan fingerprint density at radius 2 is 2.03 bits per heavy atom. The van der Waals surface area contributed by atoms with Gasteiger partial charge in [-0.15, -0.1) is 0 Å². The highest BCUT2D eigenvalue weighted by Gasteiger charge is 2.36. The third-order valence-corrected chi connectivity index (χ3v) is 6.69. The number of fused-ring (bicyclic) bond motifs is 2. The summed E-state index contributed by atoms with van der Waals surface area (Å²) in [5.74, 6) is -0.301. The van der Waals surface area contributed by atoms with Crippen LogP contribution in [0.15, 0.2) is 36.9 Å². The van der Waals surface area contributed by atoms with Gasteiger partial charge >= 0.3 is 6.18 Å². The molecule has 1 atom stereocenters. The van der Waals surface area contributed by atoms with Crippen molar-refractivity contribution in [2.75, 3.05) is 12.4 Å². The fourth-order valence-electron chi connectivity index (χ4n) is 4.52. The molecule has 1 saturated carbocycles. The Morgan fingerprint density at radius 1 is 1.25 bits per heavy atom. The van der Waals surface area contributed by atoms with E-state index in [2.05, 4.69) is 30.7 Å². The van der Waals surface area contributed by atoms with E-state index in [0.29, 0.717) is 22.1 Å². The maximum atomic E-state index is 13.0. The molecule has 190 valence electrons. The number of anilines is 1. The summed E-state index contributed by atoms with van der Waals surface area (Å²) in [6.07, 6.45) is 5.89. The van der Waals surface area contributed by atoms with Crippen molar-refractivity contribution in [1.82, 2.24) is 29.9 Å². The minimum atomic E-state index is -4.41. The van der Waals surface area contributed by atoms with Gasteiger partial charge in [-0.1, -0.05) is 0 Å². The molecule has 9 nitrogen and oxygen atoms in total. The molecule has 36 heavy (non-hydrogen) atoms. The fourth-order valence-corrected chi connectivity index (χ4v) is 4.52. The number of aromatic amines is 1. The van der Waals surface area contributed by atoms with Gasteiger partial charge in [-0.2, -0.15) is 23.3 Å². The van der Waals surface area contributed by atoms with Crippen LogP contribution in [-0.2, 0) is 4.74 Å². The third kappa shape index (κ3) is 4.72. The molecule has 0 saturated heterocycles. The van der Waals surface area contributed by atoms with Crippen LogP contribution in [-0.4, -0.2) is 61.9 Å². The Bertz CT molecular complexity index is 1390. The van der Waals surface area contributed by atoms with Crippen LogP contribution in [0.1, 0.15) is 43.0 Å². The van der Waals surface area contributed by atoms with Gasteiger partial charge in [-0.3, -0.25) is 4.79 Å². The maximum absolute atomic E-state index is 13.0. The van der Waals surface area contributed by atoms with Crippen LogP contribution in [0.25, 0.3) is 27.7 Å². The second kappa shape index (κ2) is 9.41. The van der Waals surface area contributed by atoms with Crippen LogP contribution >= 0.6 is 0 Å². The van der Waals surface area contributed by atoms with E-state index in [1.807, 2.05) is 12.1 Å². The van der Waals surface area contributed by atoms with Gasteiger partial charge in [0.25, 0.3) is 5.91 Å². The molecule has 1 aliphatic carbocycles. The van der Waals surface area contributed by atoms with Gasteiger partial charge in [0.05, 0.1) is 23.4 Å². The Balaban J connectivity index is 1.38. The summed E-state index contributed by atoms with van der Waals surface area (Å²) in [6, 6.07) is 2.00. The van der Waals surface area contributed by atoms with Crippen molar-refractivity contribution < 1.29 is 22.7 Å². The number of H-pyrrole nitrogens is 1. The lowest BCUT2D eigenvalue weighted by Crippen LogP contribution is -2.38. The molecule has 0 unspecified atom stereocenters. The molecule has 4 aromatic rings. The first kappa shape index (κ1) is 24.0. The number of ether oxygens (including phenoxy) is 1. The molecule has 0 bridgehead atoms. The first-order valence-corrected chi connectivity index (χ1v) is 11.7. The summed E-state index contributed by atoms with van der Waals surface area (Å²) in [6.45, 7) is 1.01. The summed E-state index contributed by atoms with van der Waals surface area (Å²) in [7, 11) is 1.71. The zero-order chi connectivity index (χ0) is 25.4. The van der Waals surface area contributed by atoms with E-state index >= 15 is 0 Å². The van der Waals surface area contributed by atoms with E-state index in [0.717, 1.165) is 43.7 Å². The number of amides is 1. The number of nitrogens with zero attached hydrogens (tertiary/aromatic N) is 4. The molecule has 4 heterocycles. The number of pyridine rings is 1. The topological polar surface area (TPSA) is 109 Å². The van der Waals surface area contributed by atoms with Crippen molar-refractivity contribution in [1.29, 1.82) is 0 Å². The first-order chi connectivity index (χ1) is 17.2. The number of hydrogen-bond acceptors (Lipinski definition) is 6. The lowest BCUT2D eigenvalue weighted by molar-refractivity contribution is -0.138. The average molecular weight is 502 g/mol. The lowest BCUT2D eigenvalue weighted by atomic mass is 9.93. The van der Waals surface area contributed by atoms with Gasteiger partial charge < -0.3 is 20.4 Å². The van der Waals surface area contributed by atoms with E-state index in [-0.39, 0.29) is 24.0 Å². The number of carbonyl (C=O) groups is 1. The Hall–Kier alpha value is -3.67. The van der Waals surface area contributed by atoms with Crippen molar-refractivity contribution in [3.63, 3.8) is 0 Å². The molecule has 12 heteroatoms. The Labute approximate surface area is 204 Å². The molecule has 1 amide bonds. The lowest BCUT2D eigenvalue weighted by Gasteiger charge is -2.28. The molecular formula is C24H26F3N7O2. The number of carbonyl (C=O) groups excluding carboxylic acids is 1. The highest BCUT2D eigenvalue weighted by molar-refractivity contribution is 6.02. The molecule has 1 aliphatic rings. The zero-order valence-corrected chi connectivity index (χ0v) is 19.8. The second-order valence-electron chi connectivity index (χ2n) is 9.05. The molecule has 3 N–H and O–H groups in total. The molecule has 1 fully saturated rings. The number of methoxy groups -OCH3 is 1. The molecule has 4 aromatic heterocycles. The highest BCUT2D eigenvalue weighted by Crippen LogP contribution is 2.30. The normalized spacial score (nSPS) is 19.5. The predicted octanol–water partition coefficient (Wildman–Crippen LogP) is 4.32. The second-order valence-corrected chi connectivity index (χ2v) is 9.05. The van der Waals surface area contributed by atoms with Crippen molar-refractivity contribution in [3.8, 4) is 11.1 Å². The van der Waals surface area contributed by atoms with Crippen molar-refractivity contribution in [2.24, 2.45) is 0 Å². The highest BCUT2D eigenvalue weighted by atomic mass is 19.4. The minimum absolute atomic E-state index is 0.0932. The monoisotopic (exact) mass is 501 g/mol. The molecule has 0 radical (unpaired) electrons. The van der Waals surface area contributed by atoms with Crippen molar-refractivity contribution >= 4 is 28.4 Å². The van der Waals surface area contributed by atoms with Crippen LogP contribution in [0.3, 0.4) is 0 Å². The largest absolute Gasteiger partial charge is 0.408 e. The number of aromatic nitrogens is 5. The Morgan fingerprint density at radius 3 is 2.75 bits per heavy atom. The smallest absolute Gasteiger partial charge is 0.381 e. The van der Waals surface area contributed by atoms with Crippen molar-refractivity contribution in [2.45, 2.75) is 57.0 Å². The van der Waals surface area contributed by atoms with Gasteiger partial charge in [-0.05, 0) is 50.3 Å². The Kier molecular flexibility index (Phi) is 6.29. The van der Waals surface area contributed by atoms with Crippen LogP contribution in [0.4, 0.5) is 19.1 Å². The molecule has 5 rings (SSSR count). The van der Waals surface area contributed by atoms with E-state index < -0.39 is 12.2 Å². The van der Waals surface area contributed by atoms with Crippen LogP contribution in [0, 0.1) is 0 Å². The van der Waals surface area contributed by atoms with Crippen LogP contribution in [0.2, 0.25) is 0 Å². The summed E-state index contributed by atoms with van der Waals surface area (Å²) in [4.78, 5) is 24.3. The average Bonchev–Trinajstić information content (AvgIpc) is 3.47. The SMILES string of the molecule is CO[C@H]1CC[C@H](NC(=O)c2cnn3ccc(-c4c[nH]c5nc(N[C@@H](C)C(F)(F)F)ncc45)cc23)CC1. The molecule has 0 aliphatic heterocycles.